The van der Waals surface area contributed by atoms with Gasteiger partial charge in [-0.3, -0.25) is 4.79 Å². The summed E-state index contributed by atoms with van der Waals surface area (Å²) in [6, 6.07) is 10.5. The van der Waals surface area contributed by atoms with E-state index in [9.17, 15) is 13.6 Å². The van der Waals surface area contributed by atoms with Gasteiger partial charge in [-0.05, 0) is 42.8 Å². The first kappa shape index (κ1) is 21.2. The van der Waals surface area contributed by atoms with Gasteiger partial charge in [0.05, 0.1) is 37.8 Å². The molecule has 0 saturated carbocycles. The molecule has 1 fully saturated rings. The van der Waals surface area contributed by atoms with Gasteiger partial charge >= 0.3 is 0 Å². The number of nitrogens with zero attached hydrogens (tertiary/aromatic N) is 3. The van der Waals surface area contributed by atoms with Crippen LogP contribution in [-0.2, 0) is 9.47 Å². The number of nitrogens with one attached hydrogen (secondary N) is 2. The third-order valence-electron chi connectivity index (χ3n) is 5.47. The molecule has 1 aromatic heterocycles. The summed E-state index contributed by atoms with van der Waals surface area (Å²) in [5.41, 5.74) is 1.91. The van der Waals surface area contributed by atoms with Crippen LogP contribution in [0.3, 0.4) is 0 Å². The number of carbonyl (C=O) groups is 1. The molecule has 2 aliphatic heterocycles. The van der Waals surface area contributed by atoms with Crippen LogP contribution in [-0.4, -0.2) is 48.6 Å². The van der Waals surface area contributed by atoms with Crippen molar-refractivity contribution in [1.29, 1.82) is 0 Å². The van der Waals surface area contributed by atoms with E-state index in [1.54, 1.807) is 36.1 Å². The largest absolute Gasteiger partial charge is 0.349 e. The average Bonchev–Trinajstić information content (AvgIpc) is 3.32. The third kappa shape index (κ3) is 4.10. The maximum atomic E-state index is 14.7. The number of hydrogen-bond donors (Lipinski definition) is 2. The molecule has 0 radical (unpaired) electrons. The third-order valence-corrected chi connectivity index (χ3v) is 5.47. The summed E-state index contributed by atoms with van der Waals surface area (Å²) in [6.45, 7) is 3.04. The van der Waals surface area contributed by atoms with Crippen molar-refractivity contribution in [1.82, 2.24) is 15.3 Å². The first-order valence-electron chi connectivity index (χ1n) is 10.5. The minimum Gasteiger partial charge on any atom is -0.349 e. The lowest BCUT2D eigenvalue weighted by atomic mass is 9.99. The van der Waals surface area contributed by atoms with Crippen LogP contribution in [0, 0.1) is 18.6 Å². The Labute approximate surface area is 188 Å². The molecular formula is C23H21F2N5O3. The van der Waals surface area contributed by atoms with Gasteiger partial charge in [-0.1, -0.05) is 12.1 Å². The van der Waals surface area contributed by atoms with E-state index in [0.717, 1.165) is 0 Å². The molecule has 8 nitrogen and oxygen atoms in total. The van der Waals surface area contributed by atoms with Crippen molar-refractivity contribution in [3.8, 4) is 11.3 Å². The van der Waals surface area contributed by atoms with Crippen LogP contribution in [0.2, 0.25) is 0 Å². The fourth-order valence-electron chi connectivity index (χ4n) is 3.90. The van der Waals surface area contributed by atoms with Crippen LogP contribution in [0.15, 0.2) is 42.5 Å². The van der Waals surface area contributed by atoms with Crippen molar-refractivity contribution in [3.05, 3.63) is 65.2 Å². The highest BCUT2D eigenvalue weighted by atomic mass is 19.1. The van der Waals surface area contributed by atoms with E-state index in [-0.39, 0.29) is 36.2 Å². The Hall–Kier alpha value is -3.63. The van der Waals surface area contributed by atoms with Crippen molar-refractivity contribution in [3.63, 3.8) is 0 Å². The van der Waals surface area contributed by atoms with E-state index in [0.29, 0.717) is 30.0 Å². The van der Waals surface area contributed by atoms with Crippen LogP contribution in [0.25, 0.3) is 11.3 Å². The van der Waals surface area contributed by atoms with Crippen molar-refractivity contribution < 1.29 is 23.0 Å². The van der Waals surface area contributed by atoms with E-state index in [2.05, 4.69) is 20.6 Å². The SMILES string of the molecule is Cc1cc(F)ccc1-c1nc(NCC2OCCO2)nc2c1C(=O)NCN2c1ccccc1F. The second kappa shape index (κ2) is 8.72. The molecule has 0 bridgehead atoms. The number of ether oxygens (including phenoxy) is 2. The first-order valence-corrected chi connectivity index (χ1v) is 10.5. The molecule has 170 valence electrons. The Bertz CT molecular complexity index is 1220. The molecule has 2 N–H and O–H groups in total. The van der Waals surface area contributed by atoms with Crippen LogP contribution in [0.5, 0.6) is 0 Å². The van der Waals surface area contributed by atoms with E-state index >= 15 is 0 Å². The average molecular weight is 453 g/mol. The highest BCUT2D eigenvalue weighted by Gasteiger charge is 2.32. The lowest BCUT2D eigenvalue weighted by Gasteiger charge is -2.31. The summed E-state index contributed by atoms with van der Waals surface area (Å²) < 4.78 is 39.3. The molecule has 0 spiro atoms. The number of para-hydroxylation sites is 1. The zero-order valence-corrected chi connectivity index (χ0v) is 17.8. The molecule has 33 heavy (non-hydrogen) atoms. The van der Waals surface area contributed by atoms with Gasteiger partial charge in [-0.25, -0.2) is 13.8 Å². The first-order chi connectivity index (χ1) is 16.0. The van der Waals surface area contributed by atoms with E-state index < -0.39 is 23.8 Å². The Morgan fingerprint density at radius 2 is 1.94 bits per heavy atom. The fourth-order valence-corrected chi connectivity index (χ4v) is 3.90. The highest BCUT2D eigenvalue weighted by molar-refractivity contribution is 6.07. The van der Waals surface area contributed by atoms with E-state index in [1.807, 2.05) is 0 Å². The zero-order chi connectivity index (χ0) is 22.9. The number of benzene rings is 2. The molecule has 0 unspecified atom stereocenters. The van der Waals surface area contributed by atoms with Crippen molar-refractivity contribution >= 4 is 23.4 Å². The molecule has 2 aliphatic rings. The standard InChI is InChI=1S/C23H21F2N5O3/c1-13-10-14(24)6-7-15(13)20-19-21(29-23(28-20)26-11-18-32-8-9-33-18)30(12-27-22(19)31)17-5-3-2-4-16(17)25/h2-7,10,18H,8-9,11-12H2,1H3,(H,27,31)(H,26,28,29). The number of aryl methyl sites for hydroxylation is 1. The monoisotopic (exact) mass is 453 g/mol. The summed E-state index contributed by atoms with van der Waals surface area (Å²) in [5, 5.41) is 5.84. The Balaban J connectivity index is 1.66. The van der Waals surface area contributed by atoms with Gasteiger partial charge in [0, 0.05) is 5.56 Å². The number of rotatable bonds is 5. The topological polar surface area (TPSA) is 88.6 Å². The van der Waals surface area contributed by atoms with Crippen molar-refractivity contribution in [2.24, 2.45) is 0 Å². The van der Waals surface area contributed by atoms with Gasteiger partial charge in [0.15, 0.2) is 12.1 Å². The zero-order valence-electron chi connectivity index (χ0n) is 17.8. The van der Waals surface area contributed by atoms with Crippen molar-refractivity contribution in [2.75, 3.05) is 36.6 Å². The molecular weight excluding hydrogens is 432 g/mol. The van der Waals surface area contributed by atoms with Crippen LogP contribution in [0.1, 0.15) is 15.9 Å². The Morgan fingerprint density at radius 1 is 1.15 bits per heavy atom. The van der Waals surface area contributed by atoms with Gasteiger partial charge in [-0.2, -0.15) is 4.98 Å². The molecule has 2 aromatic carbocycles. The fraction of sp³-hybridized carbons (Fsp3) is 0.261. The summed E-state index contributed by atoms with van der Waals surface area (Å²) in [4.78, 5) is 23.6. The van der Waals surface area contributed by atoms with E-state index in [4.69, 9.17) is 9.47 Å². The van der Waals surface area contributed by atoms with Gasteiger partial charge in [0.1, 0.15) is 17.2 Å². The van der Waals surface area contributed by atoms with Gasteiger partial charge in [0.2, 0.25) is 5.95 Å². The summed E-state index contributed by atoms with van der Waals surface area (Å²) >= 11 is 0. The molecule has 1 saturated heterocycles. The summed E-state index contributed by atoms with van der Waals surface area (Å²) in [6.07, 6.45) is -0.452. The maximum absolute atomic E-state index is 14.7. The van der Waals surface area contributed by atoms with E-state index in [1.165, 1.54) is 18.2 Å². The number of fused-ring (bicyclic) bond motifs is 1. The summed E-state index contributed by atoms with van der Waals surface area (Å²) in [7, 11) is 0. The number of amides is 1. The summed E-state index contributed by atoms with van der Waals surface area (Å²) in [5.74, 6) is -0.799. The number of aromatic nitrogens is 2. The number of halogens is 2. The predicted molar refractivity (Wildman–Crippen MR) is 117 cm³/mol. The minimum atomic E-state index is -0.458. The lowest BCUT2D eigenvalue weighted by Crippen LogP contribution is -2.42. The smallest absolute Gasteiger partial charge is 0.258 e. The quantitative estimate of drug-likeness (QED) is 0.613. The molecule has 10 heteroatoms. The maximum Gasteiger partial charge on any atom is 0.258 e. The van der Waals surface area contributed by atoms with Crippen LogP contribution >= 0.6 is 0 Å². The molecule has 5 rings (SSSR count). The molecule has 0 aliphatic carbocycles. The number of carbonyl (C=O) groups excluding carboxylic acids is 1. The molecule has 1 amide bonds. The van der Waals surface area contributed by atoms with Crippen molar-refractivity contribution in [2.45, 2.75) is 13.2 Å². The van der Waals surface area contributed by atoms with Gasteiger partial charge < -0.3 is 25.0 Å². The Morgan fingerprint density at radius 3 is 2.70 bits per heavy atom. The second-order valence-electron chi connectivity index (χ2n) is 7.65. The normalized spacial score (nSPS) is 16.0. The Kier molecular flexibility index (Phi) is 5.61. The number of anilines is 3. The van der Waals surface area contributed by atoms with Gasteiger partial charge in [-0.15, -0.1) is 0 Å². The highest BCUT2D eigenvalue weighted by Crippen LogP contribution is 2.37. The minimum absolute atomic E-state index is 0.0277. The lowest BCUT2D eigenvalue weighted by molar-refractivity contribution is -0.0300. The molecule has 3 aromatic rings. The van der Waals surface area contributed by atoms with Crippen LogP contribution in [0.4, 0.5) is 26.2 Å². The number of hydrogen-bond acceptors (Lipinski definition) is 7. The van der Waals surface area contributed by atoms with Gasteiger partial charge in [0.25, 0.3) is 5.91 Å². The second-order valence-corrected chi connectivity index (χ2v) is 7.65. The molecule has 0 atom stereocenters. The van der Waals surface area contributed by atoms with Crippen LogP contribution < -0.4 is 15.5 Å². The molecule has 3 heterocycles. The predicted octanol–water partition coefficient (Wildman–Crippen LogP) is 3.35.